The van der Waals surface area contributed by atoms with Crippen molar-refractivity contribution in [2.45, 2.75) is 19.1 Å². The van der Waals surface area contributed by atoms with Crippen molar-refractivity contribution in [2.24, 2.45) is 4.99 Å². The van der Waals surface area contributed by atoms with Crippen molar-refractivity contribution in [3.05, 3.63) is 59.2 Å². The monoisotopic (exact) mass is 379 g/mol. The van der Waals surface area contributed by atoms with Crippen molar-refractivity contribution in [1.82, 2.24) is 10.6 Å². The first-order valence-corrected chi connectivity index (χ1v) is 8.45. The minimum atomic E-state index is -4.32. The van der Waals surface area contributed by atoms with Crippen LogP contribution in [0.1, 0.15) is 16.7 Å². The molecule has 0 radical (unpaired) electrons. The maximum Gasteiger partial charge on any atom is 0.416 e. The Morgan fingerprint density at radius 1 is 1.00 bits per heavy atom. The normalized spacial score (nSPS) is 13.6. The number of halogens is 3. The summed E-state index contributed by atoms with van der Waals surface area (Å²) >= 11 is 0. The molecule has 0 amide bonds. The van der Waals surface area contributed by atoms with Crippen LogP contribution < -0.4 is 20.1 Å². The van der Waals surface area contributed by atoms with Gasteiger partial charge in [-0.1, -0.05) is 18.2 Å². The van der Waals surface area contributed by atoms with E-state index in [9.17, 15) is 13.2 Å². The molecule has 2 aromatic rings. The fraction of sp³-hybridized carbons (Fsp3) is 0.316. The van der Waals surface area contributed by atoms with Crippen LogP contribution in [-0.4, -0.2) is 26.3 Å². The summed E-state index contributed by atoms with van der Waals surface area (Å²) < 4.78 is 48.4. The Morgan fingerprint density at radius 2 is 1.70 bits per heavy atom. The summed E-state index contributed by atoms with van der Waals surface area (Å²) in [4.78, 5) is 4.12. The summed E-state index contributed by atoms with van der Waals surface area (Å²) in [5, 5.41) is 6.26. The van der Waals surface area contributed by atoms with Crippen LogP contribution in [0.4, 0.5) is 13.2 Å². The molecule has 0 fully saturated rings. The maximum atomic E-state index is 12.6. The summed E-state index contributed by atoms with van der Waals surface area (Å²) in [6.07, 6.45) is -3.56. The zero-order chi connectivity index (χ0) is 19.3. The van der Waals surface area contributed by atoms with E-state index in [2.05, 4.69) is 15.6 Å². The Morgan fingerprint density at radius 3 is 2.41 bits per heavy atom. The number of guanidine groups is 1. The first kappa shape index (κ1) is 18.9. The van der Waals surface area contributed by atoms with E-state index in [1.807, 2.05) is 18.2 Å². The van der Waals surface area contributed by atoms with E-state index < -0.39 is 11.7 Å². The van der Waals surface area contributed by atoms with Gasteiger partial charge in [0.15, 0.2) is 17.5 Å². The van der Waals surface area contributed by atoms with Crippen LogP contribution in [0.2, 0.25) is 0 Å². The van der Waals surface area contributed by atoms with Crippen LogP contribution >= 0.6 is 0 Å². The van der Waals surface area contributed by atoms with Gasteiger partial charge >= 0.3 is 6.18 Å². The first-order valence-electron chi connectivity index (χ1n) is 8.45. The zero-order valence-electron chi connectivity index (χ0n) is 14.8. The number of fused-ring (bicyclic) bond motifs is 1. The molecule has 0 saturated carbocycles. The van der Waals surface area contributed by atoms with Gasteiger partial charge in [0.25, 0.3) is 0 Å². The third-order valence-corrected chi connectivity index (χ3v) is 4.11. The maximum absolute atomic E-state index is 12.6. The predicted octanol–water partition coefficient (Wildman–Crippen LogP) is 3.34. The average molecular weight is 379 g/mol. The van der Waals surface area contributed by atoms with Gasteiger partial charge in [0.05, 0.1) is 5.56 Å². The molecule has 5 nitrogen and oxygen atoms in total. The second kappa shape index (κ2) is 8.20. The summed E-state index contributed by atoms with van der Waals surface area (Å²) in [7, 11) is 1.64. The highest BCUT2D eigenvalue weighted by Crippen LogP contribution is 2.32. The molecule has 1 aliphatic rings. The van der Waals surface area contributed by atoms with Gasteiger partial charge < -0.3 is 20.1 Å². The van der Waals surface area contributed by atoms with Crippen LogP contribution in [-0.2, 0) is 19.1 Å². The predicted molar refractivity (Wildman–Crippen MR) is 95.9 cm³/mol. The van der Waals surface area contributed by atoms with Crippen LogP contribution in [0.15, 0.2) is 47.5 Å². The van der Waals surface area contributed by atoms with Gasteiger partial charge in [-0.05, 0) is 41.8 Å². The van der Waals surface area contributed by atoms with E-state index in [-0.39, 0.29) is 6.79 Å². The van der Waals surface area contributed by atoms with E-state index in [4.69, 9.17) is 9.47 Å². The van der Waals surface area contributed by atoms with Gasteiger partial charge in [-0.25, -0.2) is 0 Å². The number of ether oxygens (including phenoxy) is 2. The highest BCUT2D eigenvalue weighted by atomic mass is 19.4. The molecular weight excluding hydrogens is 359 g/mol. The Kier molecular flexibility index (Phi) is 5.73. The van der Waals surface area contributed by atoms with E-state index in [0.717, 1.165) is 41.2 Å². The molecule has 0 saturated heterocycles. The molecule has 8 heteroatoms. The highest BCUT2D eigenvalue weighted by molar-refractivity contribution is 5.79. The number of hydrogen-bond acceptors (Lipinski definition) is 3. The minimum Gasteiger partial charge on any atom is -0.454 e. The number of rotatable bonds is 5. The summed E-state index contributed by atoms with van der Waals surface area (Å²) in [5.41, 5.74) is 1.18. The van der Waals surface area contributed by atoms with Crippen LogP contribution in [0.5, 0.6) is 11.5 Å². The van der Waals surface area contributed by atoms with Crippen LogP contribution in [0.3, 0.4) is 0 Å². The molecule has 0 unspecified atom stereocenters. The van der Waals surface area contributed by atoms with Gasteiger partial charge in [0.2, 0.25) is 6.79 Å². The molecule has 2 aromatic carbocycles. The smallest absolute Gasteiger partial charge is 0.416 e. The van der Waals surface area contributed by atoms with E-state index in [1.165, 1.54) is 12.1 Å². The SMILES string of the molecule is CN=C(NCCc1ccc2c(c1)OCO2)NCc1ccc(C(F)(F)F)cc1. The number of nitrogens with zero attached hydrogens (tertiary/aromatic N) is 1. The number of nitrogens with one attached hydrogen (secondary N) is 2. The number of alkyl halides is 3. The molecule has 0 aromatic heterocycles. The number of hydrogen-bond donors (Lipinski definition) is 2. The molecule has 0 atom stereocenters. The van der Waals surface area contributed by atoms with E-state index in [0.29, 0.717) is 19.0 Å². The van der Waals surface area contributed by atoms with Crippen LogP contribution in [0.25, 0.3) is 0 Å². The van der Waals surface area contributed by atoms with Crippen molar-refractivity contribution >= 4 is 5.96 Å². The summed E-state index contributed by atoms with van der Waals surface area (Å²) in [6.45, 7) is 1.27. The molecule has 0 bridgehead atoms. The Bertz CT molecular complexity index is 805. The lowest BCUT2D eigenvalue weighted by Crippen LogP contribution is -2.37. The second-order valence-corrected chi connectivity index (χ2v) is 5.98. The Hall–Kier alpha value is -2.90. The lowest BCUT2D eigenvalue weighted by Gasteiger charge is -2.13. The Balaban J connectivity index is 1.45. The fourth-order valence-electron chi connectivity index (χ4n) is 2.64. The second-order valence-electron chi connectivity index (χ2n) is 5.98. The molecule has 1 heterocycles. The van der Waals surface area contributed by atoms with Crippen molar-refractivity contribution in [3.63, 3.8) is 0 Å². The van der Waals surface area contributed by atoms with Crippen molar-refractivity contribution in [3.8, 4) is 11.5 Å². The third-order valence-electron chi connectivity index (χ3n) is 4.11. The standard InChI is InChI=1S/C19H20F3N3O2/c1-23-18(25-11-14-2-5-15(6-3-14)19(20,21)22)24-9-8-13-4-7-16-17(10-13)27-12-26-16/h2-7,10H,8-9,11-12H2,1H3,(H2,23,24,25). The summed E-state index contributed by atoms with van der Waals surface area (Å²) in [6, 6.07) is 10.9. The van der Waals surface area contributed by atoms with E-state index in [1.54, 1.807) is 7.05 Å². The van der Waals surface area contributed by atoms with Gasteiger partial charge in [0, 0.05) is 20.1 Å². The minimum absolute atomic E-state index is 0.248. The molecule has 0 spiro atoms. The number of benzene rings is 2. The molecule has 1 aliphatic heterocycles. The first-order chi connectivity index (χ1) is 13.0. The van der Waals surface area contributed by atoms with E-state index >= 15 is 0 Å². The van der Waals surface area contributed by atoms with Crippen molar-refractivity contribution in [2.75, 3.05) is 20.4 Å². The molecule has 0 aliphatic carbocycles. The zero-order valence-corrected chi connectivity index (χ0v) is 14.8. The van der Waals surface area contributed by atoms with Gasteiger partial charge in [-0.3, -0.25) is 4.99 Å². The van der Waals surface area contributed by atoms with Crippen LogP contribution in [0, 0.1) is 0 Å². The summed E-state index contributed by atoms with van der Waals surface area (Å²) in [5.74, 6) is 2.08. The molecule has 27 heavy (non-hydrogen) atoms. The van der Waals surface area contributed by atoms with Crippen molar-refractivity contribution < 1.29 is 22.6 Å². The largest absolute Gasteiger partial charge is 0.454 e. The topological polar surface area (TPSA) is 54.9 Å². The number of aliphatic imine (C=N–C) groups is 1. The highest BCUT2D eigenvalue weighted by Gasteiger charge is 2.29. The lowest BCUT2D eigenvalue weighted by molar-refractivity contribution is -0.137. The van der Waals surface area contributed by atoms with Gasteiger partial charge in [-0.15, -0.1) is 0 Å². The Labute approximate surface area is 155 Å². The lowest BCUT2D eigenvalue weighted by atomic mass is 10.1. The molecular formula is C19H20F3N3O2. The molecule has 3 rings (SSSR count). The average Bonchev–Trinajstić information content (AvgIpc) is 3.12. The van der Waals surface area contributed by atoms with Crippen molar-refractivity contribution in [1.29, 1.82) is 0 Å². The fourth-order valence-corrected chi connectivity index (χ4v) is 2.64. The van der Waals surface area contributed by atoms with Gasteiger partial charge in [0.1, 0.15) is 0 Å². The van der Waals surface area contributed by atoms with Gasteiger partial charge in [-0.2, -0.15) is 13.2 Å². The molecule has 144 valence electrons. The molecule has 2 N–H and O–H groups in total. The third kappa shape index (κ3) is 5.06. The quantitative estimate of drug-likeness (QED) is 0.618.